The molecule has 2 amide bonds. The number of thiazole rings is 1. The van der Waals surface area contributed by atoms with Gasteiger partial charge in [-0.3, -0.25) is 14.5 Å². The lowest BCUT2D eigenvalue weighted by molar-refractivity contribution is -0.138. The molecule has 0 atom stereocenters. The van der Waals surface area contributed by atoms with E-state index >= 15 is 0 Å². The number of carbonyl (C=O) groups is 2. The first-order chi connectivity index (χ1) is 14.4. The van der Waals surface area contributed by atoms with Crippen molar-refractivity contribution in [2.45, 2.75) is 65.3 Å². The number of unbranched alkanes of at least 4 members (excludes halogenated alkanes) is 1. The Morgan fingerprint density at radius 1 is 1.10 bits per heavy atom. The molecule has 7 heteroatoms. The minimum Gasteiger partial charge on any atom is -0.344 e. The van der Waals surface area contributed by atoms with E-state index in [0.29, 0.717) is 5.91 Å². The maximum Gasteiger partial charge on any atom is 0.265 e. The van der Waals surface area contributed by atoms with E-state index in [2.05, 4.69) is 21.7 Å². The second-order valence-corrected chi connectivity index (χ2v) is 10.3. The molecule has 0 N–H and O–H groups in total. The Balaban J connectivity index is 1.44. The molecule has 0 spiro atoms. The van der Waals surface area contributed by atoms with Crippen LogP contribution in [0.5, 0.6) is 0 Å². The van der Waals surface area contributed by atoms with Crippen LogP contribution in [-0.4, -0.2) is 71.8 Å². The predicted molar refractivity (Wildman–Crippen MR) is 122 cm³/mol. The molecular weight excluding hydrogens is 396 g/mol. The van der Waals surface area contributed by atoms with Crippen LogP contribution in [0.25, 0.3) is 0 Å². The molecule has 168 valence electrons. The molecule has 0 radical (unpaired) electrons. The number of hydrogen-bond acceptors (Lipinski definition) is 5. The van der Waals surface area contributed by atoms with Crippen LogP contribution in [-0.2, 0) is 11.3 Å². The number of aryl methyl sites for hydroxylation is 1. The number of amides is 2. The minimum absolute atomic E-state index is 0.0241. The van der Waals surface area contributed by atoms with E-state index in [0.717, 1.165) is 67.1 Å². The Hall–Kier alpha value is -1.47. The zero-order valence-electron chi connectivity index (χ0n) is 19.2. The average molecular weight is 435 g/mol. The van der Waals surface area contributed by atoms with Crippen molar-refractivity contribution >= 4 is 23.2 Å². The molecule has 0 aromatic carbocycles. The predicted octanol–water partition coefficient (Wildman–Crippen LogP) is 3.79. The van der Waals surface area contributed by atoms with Crippen molar-refractivity contribution in [3.63, 3.8) is 0 Å². The smallest absolute Gasteiger partial charge is 0.265 e. The molecule has 1 saturated heterocycles. The Morgan fingerprint density at radius 3 is 2.37 bits per heavy atom. The molecule has 30 heavy (non-hydrogen) atoms. The highest BCUT2D eigenvalue weighted by Crippen LogP contribution is 2.33. The van der Waals surface area contributed by atoms with Gasteiger partial charge in [-0.15, -0.1) is 11.3 Å². The fourth-order valence-electron chi connectivity index (χ4n) is 4.69. The number of rotatable bonds is 7. The fourth-order valence-corrected chi connectivity index (χ4v) is 5.82. The van der Waals surface area contributed by atoms with Crippen LogP contribution in [0.15, 0.2) is 0 Å². The summed E-state index contributed by atoms with van der Waals surface area (Å²) in [6, 6.07) is 0. The van der Waals surface area contributed by atoms with Crippen molar-refractivity contribution in [2.75, 3.05) is 40.3 Å². The lowest BCUT2D eigenvalue weighted by atomic mass is 9.79. The molecule has 2 aliphatic rings. The van der Waals surface area contributed by atoms with E-state index in [1.807, 2.05) is 6.92 Å². The van der Waals surface area contributed by atoms with Crippen LogP contribution in [0.2, 0.25) is 0 Å². The Bertz CT molecular complexity index is 717. The van der Waals surface area contributed by atoms with Crippen LogP contribution in [0, 0.1) is 18.8 Å². The van der Waals surface area contributed by atoms with Gasteiger partial charge in [0.05, 0.1) is 12.2 Å². The summed E-state index contributed by atoms with van der Waals surface area (Å²) < 4.78 is 0. The molecular formula is C23H38N4O2S. The van der Waals surface area contributed by atoms with Crippen molar-refractivity contribution < 1.29 is 9.59 Å². The van der Waals surface area contributed by atoms with E-state index < -0.39 is 0 Å². The lowest BCUT2D eigenvalue weighted by Gasteiger charge is -2.37. The van der Waals surface area contributed by atoms with Gasteiger partial charge in [0, 0.05) is 46.2 Å². The maximum atomic E-state index is 13.0. The highest BCUT2D eigenvalue weighted by atomic mass is 32.1. The summed E-state index contributed by atoms with van der Waals surface area (Å²) in [5.41, 5.74) is 0.817. The summed E-state index contributed by atoms with van der Waals surface area (Å²) in [5, 5.41) is 0.989. The van der Waals surface area contributed by atoms with Gasteiger partial charge >= 0.3 is 0 Å². The molecule has 2 heterocycles. The van der Waals surface area contributed by atoms with Crippen molar-refractivity contribution in [1.29, 1.82) is 0 Å². The topological polar surface area (TPSA) is 56.8 Å². The van der Waals surface area contributed by atoms with Gasteiger partial charge in [0.15, 0.2) is 0 Å². The van der Waals surface area contributed by atoms with Gasteiger partial charge < -0.3 is 9.80 Å². The molecule has 1 aliphatic heterocycles. The lowest BCUT2D eigenvalue weighted by Crippen LogP contribution is -2.50. The molecule has 1 aliphatic carbocycles. The largest absolute Gasteiger partial charge is 0.344 e. The van der Waals surface area contributed by atoms with Gasteiger partial charge in [0.25, 0.3) is 5.91 Å². The van der Waals surface area contributed by atoms with E-state index in [4.69, 9.17) is 0 Å². The third-order valence-electron chi connectivity index (χ3n) is 6.65. The van der Waals surface area contributed by atoms with E-state index in [1.54, 1.807) is 19.0 Å². The Labute approximate surface area is 185 Å². The molecule has 0 unspecified atom stereocenters. The molecule has 6 nitrogen and oxygen atoms in total. The van der Waals surface area contributed by atoms with Gasteiger partial charge in [0.1, 0.15) is 9.88 Å². The number of nitrogens with zero attached hydrogens (tertiary/aromatic N) is 4. The Morgan fingerprint density at radius 2 is 1.77 bits per heavy atom. The van der Waals surface area contributed by atoms with Crippen LogP contribution >= 0.6 is 11.3 Å². The van der Waals surface area contributed by atoms with Crippen molar-refractivity contribution in [2.24, 2.45) is 11.8 Å². The van der Waals surface area contributed by atoms with Crippen molar-refractivity contribution in [3.05, 3.63) is 15.6 Å². The molecule has 2 fully saturated rings. The third kappa shape index (κ3) is 5.82. The van der Waals surface area contributed by atoms with Crippen LogP contribution in [0.4, 0.5) is 0 Å². The molecule has 1 aromatic heterocycles. The van der Waals surface area contributed by atoms with E-state index in [-0.39, 0.29) is 11.8 Å². The molecule has 1 aromatic rings. The highest BCUT2D eigenvalue weighted by Gasteiger charge is 2.31. The monoisotopic (exact) mass is 434 g/mol. The first-order valence-corrected chi connectivity index (χ1v) is 12.4. The number of hydrogen-bond donors (Lipinski definition) is 0. The number of carbonyl (C=O) groups excluding carboxylic acids is 2. The molecule has 3 rings (SSSR count). The van der Waals surface area contributed by atoms with Gasteiger partial charge in [-0.05, 0) is 38.5 Å². The van der Waals surface area contributed by atoms with Crippen LogP contribution < -0.4 is 0 Å². The first-order valence-electron chi connectivity index (χ1n) is 11.6. The summed E-state index contributed by atoms with van der Waals surface area (Å²) in [4.78, 5) is 36.6. The summed E-state index contributed by atoms with van der Waals surface area (Å²) in [5.74, 6) is 1.50. The van der Waals surface area contributed by atoms with Gasteiger partial charge in [-0.1, -0.05) is 26.2 Å². The van der Waals surface area contributed by atoms with E-state index in [9.17, 15) is 9.59 Å². The summed E-state index contributed by atoms with van der Waals surface area (Å²) in [7, 11) is 3.55. The van der Waals surface area contributed by atoms with Crippen LogP contribution in [0.3, 0.4) is 0 Å². The molecule has 0 bridgehead atoms. The van der Waals surface area contributed by atoms with Crippen LogP contribution in [0.1, 0.15) is 72.2 Å². The third-order valence-corrected chi connectivity index (χ3v) is 7.78. The quantitative estimate of drug-likeness (QED) is 0.655. The fraction of sp³-hybridized carbons (Fsp3) is 0.783. The number of aromatic nitrogens is 1. The standard InChI is InChI=1S/C23H38N4O2S/c1-5-6-7-18-8-10-19(11-9-18)22(28)27-14-12-26(13-15-27)16-20-24-17(2)21(30-20)23(29)25(3)4/h18-19H,5-16H2,1-4H3. The zero-order valence-corrected chi connectivity index (χ0v) is 20.0. The average Bonchev–Trinajstić information content (AvgIpc) is 3.11. The zero-order chi connectivity index (χ0) is 21.7. The summed E-state index contributed by atoms with van der Waals surface area (Å²) >= 11 is 1.50. The highest BCUT2D eigenvalue weighted by molar-refractivity contribution is 7.13. The minimum atomic E-state index is 0.0241. The maximum absolute atomic E-state index is 13.0. The van der Waals surface area contributed by atoms with Crippen molar-refractivity contribution in [1.82, 2.24) is 19.7 Å². The summed E-state index contributed by atoms with van der Waals surface area (Å²) in [6.45, 7) is 8.30. The molecule has 1 saturated carbocycles. The van der Waals surface area contributed by atoms with E-state index in [1.165, 1.54) is 43.4 Å². The number of piperazine rings is 1. The van der Waals surface area contributed by atoms with Gasteiger partial charge in [0.2, 0.25) is 5.91 Å². The second kappa shape index (κ2) is 10.7. The second-order valence-electron chi connectivity index (χ2n) is 9.18. The van der Waals surface area contributed by atoms with Gasteiger partial charge in [-0.25, -0.2) is 4.98 Å². The normalized spacial score (nSPS) is 22.9. The SMILES string of the molecule is CCCCC1CCC(C(=O)N2CCN(Cc3nc(C)c(C(=O)N(C)C)s3)CC2)CC1. The summed E-state index contributed by atoms with van der Waals surface area (Å²) in [6.07, 6.45) is 8.56. The van der Waals surface area contributed by atoms with Gasteiger partial charge in [-0.2, -0.15) is 0 Å². The first kappa shape index (κ1) is 23.2. The van der Waals surface area contributed by atoms with Crippen molar-refractivity contribution in [3.8, 4) is 0 Å². The Kier molecular flexibility index (Phi) is 8.28.